The molecule has 0 bridgehead atoms. The zero-order valence-electron chi connectivity index (χ0n) is 18.0. The van der Waals surface area contributed by atoms with E-state index >= 15 is 0 Å². The van der Waals surface area contributed by atoms with E-state index in [9.17, 15) is 0 Å². The molecule has 0 atom stereocenters. The largest absolute Gasteiger partial charge is 0.378 e. The molecule has 162 valence electrons. The molecule has 1 N–H and O–H groups in total. The first kappa shape index (κ1) is 20.6. The molecule has 0 saturated carbocycles. The molecule has 0 aliphatic carbocycles. The van der Waals surface area contributed by atoms with Crippen molar-refractivity contribution in [3.8, 4) is 0 Å². The topological polar surface area (TPSA) is 40.6 Å². The third-order valence-electron chi connectivity index (χ3n) is 6.28. The Kier molecular flexibility index (Phi) is 5.99. The van der Waals surface area contributed by atoms with Gasteiger partial charge in [0.1, 0.15) is 0 Å². The molecule has 3 heterocycles. The fraction of sp³-hybridized carbons (Fsp3) is 0.400. The highest BCUT2D eigenvalue weighted by molar-refractivity contribution is 6.31. The van der Waals surface area contributed by atoms with Crippen LogP contribution in [0.5, 0.6) is 0 Å². The smallest absolute Gasteiger partial charge is 0.0737 e. The van der Waals surface area contributed by atoms with Crippen LogP contribution in [0.2, 0.25) is 5.02 Å². The maximum absolute atomic E-state index is 6.17. The number of nitrogens with one attached hydrogen (secondary N) is 1. The summed E-state index contributed by atoms with van der Waals surface area (Å²) in [6, 6.07) is 12.5. The number of fused-ring (bicyclic) bond motifs is 1. The van der Waals surface area contributed by atoms with Gasteiger partial charge < -0.3 is 15.0 Å². The molecule has 0 unspecified atom stereocenters. The molecule has 3 aromatic rings. The minimum absolute atomic E-state index is 0.704. The Morgan fingerprint density at radius 3 is 2.65 bits per heavy atom. The summed E-state index contributed by atoms with van der Waals surface area (Å²) < 4.78 is 5.61. The van der Waals surface area contributed by atoms with Crippen molar-refractivity contribution in [3.05, 3.63) is 58.7 Å². The number of hydrogen-bond donors (Lipinski definition) is 1. The van der Waals surface area contributed by atoms with Gasteiger partial charge in [-0.1, -0.05) is 11.6 Å². The standard InChI is InChI=1S/C25H29ClN4O/c1-18-14-21(28-23-6-7-27-24-16-20(26)4-5-22(23)24)15-19(17-29-8-2-3-9-29)25(18)30-10-12-31-13-11-30/h4-7,14-16H,2-3,8-13,17H2,1H3,(H,27,28). The van der Waals surface area contributed by atoms with E-state index in [2.05, 4.69) is 39.2 Å². The van der Waals surface area contributed by atoms with E-state index in [1.807, 2.05) is 30.5 Å². The zero-order chi connectivity index (χ0) is 21.2. The van der Waals surface area contributed by atoms with Gasteiger partial charge in [0, 0.05) is 53.3 Å². The van der Waals surface area contributed by atoms with Crippen molar-refractivity contribution in [1.29, 1.82) is 0 Å². The summed E-state index contributed by atoms with van der Waals surface area (Å²) in [5, 5.41) is 5.43. The number of likely N-dealkylation sites (tertiary alicyclic amines) is 1. The van der Waals surface area contributed by atoms with Gasteiger partial charge in [0.05, 0.1) is 18.7 Å². The molecule has 6 heteroatoms. The van der Waals surface area contributed by atoms with Crippen molar-refractivity contribution < 1.29 is 4.74 Å². The number of morpholine rings is 1. The van der Waals surface area contributed by atoms with E-state index in [0.29, 0.717) is 5.02 Å². The third kappa shape index (κ3) is 4.49. The van der Waals surface area contributed by atoms with Gasteiger partial charge in [-0.15, -0.1) is 0 Å². The van der Waals surface area contributed by atoms with Gasteiger partial charge in [0.15, 0.2) is 0 Å². The second kappa shape index (κ2) is 9.03. The van der Waals surface area contributed by atoms with Gasteiger partial charge >= 0.3 is 0 Å². The van der Waals surface area contributed by atoms with Gasteiger partial charge in [-0.2, -0.15) is 0 Å². The number of benzene rings is 2. The number of aryl methyl sites for hydroxylation is 1. The lowest BCUT2D eigenvalue weighted by Crippen LogP contribution is -2.37. The SMILES string of the molecule is Cc1cc(Nc2ccnc3cc(Cl)ccc23)cc(CN2CCCC2)c1N1CCOCC1. The predicted octanol–water partition coefficient (Wildman–Crippen LogP) is 5.37. The summed E-state index contributed by atoms with van der Waals surface area (Å²) in [4.78, 5) is 9.55. The van der Waals surface area contributed by atoms with E-state index < -0.39 is 0 Å². The van der Waals surface area contributed by atoms with Crippen LogP contribution < -0.4 is 10.2 Å². The maximum atomic E-state index is 6.17. The number of aromatic nitrogens is 1. The Bertz CT molecular complexity index is 1070. The molecule has 2 aliphatic heterocycles. The molecule has 5 rings (SSSR count). The molecule has 2 fully saturated rings. The Hall–Kier alpha value is -2.34. The van der Waals surface area contributed by atoms with Crippen LogP contribution in [0, 0.1) is 6.92 Å². The maximum Gasteiger partial charge on any atom is 0.0737 e. The first-order valence-corrected chi connectivity index (χ1v) is 11.5. The lowest BCUT2D eigenvalue weighted by atomic mass is 10.0. The van der Waals surface area contributed by atoms with Crippen LogP contribution in [0.3, 0.4) is 0 Å². The van der Waals surface area contributed by atoms with Crippen molar-refractivity contribution in [1.82, 2.24) is 9.88 Å². The van der Waals surface area contributed by atoms with Crippen molar-refractivity contribution in [2.24, 2.45) is 0 Å². The number of rotatable bonds is 5. The Labute approximate surface area is 189 Å². The summed E-state index contributed by atoms with van der Waals surface area (Å²) in [7, 11) is 0. The van der Waals surface area contributed by atoms with Crippen molar-refractivity contribution in [2.45, 2.75) is 26.3 Å². The van der Waals surface area contributed by atoms with Crippen LogP contribution in [-0.2, 0) is 11.3 Å². The molecule has 2 aliphatic rings. The van der Waals surface area contributed by atoms with E-state index in [4.69, 9.17) is 16.3 Å². The van der Waals surface area contributed by atoms with E-state index in [1.165, 1.54) is 42.7 Å². The second-order valence-corrected chi connectivity index (χ2v) is 8.96. The number of hydrogen-bond acceptors (Lipinski definition) is 5. The summed E-state index contributed by atoms with van der Waals surface area (Å²) in [6.07, 6.45) is 4.44. The normalized spacial score (nSPS) is 17.4. The molecule has 2 aromatic carbocycles. The summed E-state index contributed by atoms with van der Waals surface area (Å²) in [6.45, 7) is 9.11. The summed E-state index contributed by atoms with van der Waals surface area (Å²) in [5.41, 5.74) is 7.15. The highest BCUT2D eigenvalue weighted by Gasteiger charge is 2.21. The number of ether oxygens (including phenoxy) is 1. The Morgan fingerprint density at radius 1 is 1.03 bits per heavy atom. The third-order valence-corrected chi connectivity index (χ3v) is 6.52. The van der Waals surface area contributed by atoms with Crippen molar-refractivity contribution in [2.75, 3.05) is 49.6 Å². The van der Waals surface area contributed by atoms with E-state index in [1.54, 1.807) is 0 Å². The molecule has 5 nitrogen and oxygen atoms in total. The first-order valence-electron chi connectivity index (χ1n) is 11.2. The van der Waals surface area contributed by atoms with Crippen LogP contribution in [0.1, 0.15) is 24.0 Å². The molecule has 0 amide bonds. The quantitative estimate of drug-likeness (QED) is 0.582. The number of nitrogens with zero attached hydrogens (tertiary/aromatic N) is 3. The van der Waals surface area contributed by atoms with Crippen LogP contribution >= 0.6 is 11.6 Å². The Morgan fingerprint density at radius 2 is 1.84 bits per heavy atom. The molecular weight excluding hydrogens is 408 g/mol. The van der Waals surface area contributed by atoms with Crippen LogP contribution in [0.4, 0.5) is 17.1 Å². The minimum Gasteiger partial charge on any atom is -0.378 e. The lowest BCUT2D eigenvalue weighted by molar-refractivity contribution is 0.122. The molecule has 0 radical (unpaired) electrons. The highest BCUT2D eigenvalue weighted by Crippen LogP contribution is 2.34. The van der Waals surface area contributed by atoms with Gasteiger partial charge in [-0.3, -0.25) is 9.88 Å². The fourth-order valence-electron chi connectivity index (χ4n) is 4.85. The van der Waals surface area contributed by atoms with Gasteiger partial charge in [-0.05, 0) is 80.4 Å². The zero-order valence-corrected chi connectivity index (χ0v) is 18.8. The van der Waals surface area contributed by atoms with Gasteiger partial charge in [-0.25, -0.2) is 0 Å². The lowest BCUT2D eigenvalue weighted by Gasteiger charge is -2.33. The fourth-order valence-corrected chi connectivity index (χ4v) is 5.02. The van der Waals surface area contributed by atoms with Crippen LogP contribution in [0.15, 0.2) is 42.6 Å². The molecule has 0 spiro atoms. The molecular formula is C25H29ClN4O. The van der Waals surface area contributed by atoms with E-state index in [-0.39, 0.29) is 0 Å². The number of pyridine rings is 1. The van der Waals surface area contributed by atoms with Crippen LogP contribution in [-0.4, -0.2) is 49.3 Å². The second-order valence-electron chi connectivity index (χ2n) is 8.53. The van der Waals surface area contributed by atoms with Gasteiger partial charge in [0.25, 0.3) is 0 Å². The first-order chi connectivity index (χ1) is 15.2. The molecule has 1 aromatic heterocycles. The minimum atomic E-state index is 0.704. The molecule has 2 saturated heterocycles. The average molecular weight is 437 g/mol. The van der Waals surface area contributed by atoms with Gasteiger partial charge in [0.2, 0.25) is 0 Å². The summed E-state index contributed by atoms with van der Waals surface area (Å²) in [5.74, 6) is 0. The molecule has 31 heavy (non-hydrogen) atoms. The van der Waals surface area contributed by atoms with Crippen LogP contribution in [0.25, 0.3) is 10.9 Å². The number of halogens is 1. The van der Waals surface area contributed by atoms with Crippen molar-refractivity contribution in [3.63, 3.8) is 0 Å². The summed E-state index contributed by atoms with van der Waals surface area (Å²) >= 11 is 6.17. The average Bonchev–Trinajstić information content (AvgIpc) is 3.27. The van der Waals surface area contributed by atoms with Crippen molar-refractivity contribution >= 4 is 39.6 Å². The predicted molar refractivity (Wildman–Crippen MR) is 129 cm³/mol. The number of anilines is 3. The Balaban J connectivity index is 1.51. The van der Waals surface area contributed by atoms with E-state index in [0.717, 1.165) is 55.1 Å². The monoisotopic (exact) mass is 436 g/mol. The highest BCUT2D eigenvalue weighted by atomic mass is 35.5.